The number of piperidine rings is 1. The van der Waals surface area contributed by atoms with Gasteiger partial charge in [0.25, 0.3) is 0 Å². The maximum absolute atomic E-state index is 12.4. The van der Waals surface area contributed by atoms with Crippen LogP contribution >= 0.6 is 0 Å². The van der Waals surface area contributed by atoms with Gasteiger partial charge in [-0.3, -0.25) is 9.48 Å². The Kier molecular flexibility index (Phi) is 3.71. The van der Waals surface area contributed by atoms with E-state index in [1.54, 1.807) is 17.1 Å². The van der Waals surface area contributed by atoms with Gasteiger partial charge in [0, 0.05) is 31.4 Å². The van der Waals surface area contributed by atoms with E-state index in [4.69, 9.17) is 5.73 Å². The zero-order valence-corrected chi connectivity index (χ0v) is 11.3. The lowest BCUT2D eigenvalue weighted by Gasteiger charge is -2.38. The minimum Gasteiger partial charge on any atom is -0.338 e. The van der Waals surface area contributed by atoms with Gasteiger partial charge in [0.05, 0.1) is 6.20 Å². The van der Waals surface area contributed by atoms with Crippen molar-refractivity contribution in [2.45, 2.75) is 38.8 Å². The van der Waals surface area contributed by atoms with E-state index in [2.05, 4.69) is 18.9 Å². The fourth-order valence-electron chi connectivity index (χ4n) is 2.52. The molecular weight excluding hydrogens is 228 g/mol. The molecular formula is C13H22N4O. The van der Waals surface area contributed by atoms with Gasteiger partial charge >= 0.3 is 0 Å². The first-order valence-corrected chi connectivity index (χ1v) is 6.53. The molecule has 0 aromatic carbocycles. The van der Waals surface area contributed by atoms with Crippen molar-refractivity contribution in [3.63, 3.8) is 0 Å². The normalized spacial score (nSPS) is 26.1. The van der Waals surface area contributed by atoms with Gasteiger partial charge in [0.15, 0.2) is 0 Å². The van der Waals surface area contributed by atoms with Crippen LogP contribution in [0.3, 0.4) is 0 Å². The number of amides is 1. The maximum atomic E-state index is 12.4. The van der Waals surface area contributed by atoms with E-state index in [0.29, 0.717) is 5.92 Å². The topological polar surface area (TPSA) is 64.2 Å². The highest BCUT2D eigenvalue weighted by molar-refractivity contribution is 5.83. The zero-order valence-electron chi connectivity index (χ0n) is 11.3. The Bertz CT molecular complexity index is 428. The molecule has 2 N–H and O–H groups in total. The largest absolute Gasteiger partial charge is 0.338 e. The van der Waals surface area contributed by atoms with Crippen LogP contribution in [-0.4, -0.2) is 33.2 Å². The second-order valence-corrected chi connectivity index (χ2v) is 5.45. The average Bonchev–Trinajstić information content (AvgIpc) is 2.77. The van der Waals surface area contributed by atoms with Crippen LogP contribution in [0.5, 0.6) is 0 Å². The van der Waals surface area contributed by atoms with Crippen molar-refractivity contribution in [1.29, 1.82) is 0 Å². The van der Waals surface area contributed by atoms with Crippen LogP contribution in [0.25, 0.3) is 0 Å². The van der Waals surface area contributed by atoms with Crippen LogP contribution < -0.4 is 5.73 Å². The highest BCUT2D eigenvalue weighted by Gasteiger charge is 2.31. The van der Waals surface area contributed by atoms with Crippen molar-refractivity contribution in [3.8, 4) is 0 Å². The van der Waals surface area contributed by atoms with Crippen LogP contribution in [0.2, 0.25) is 0 Å². The zero-order chi connectivity index (χ0) is 13.3. The molecule has 1 aromatic rings. The number of carbonyl (C=O) groups is 1. The van der Waals surface area contributed by atoms with Gasteiger partial charge in [-0.2, -0.15) is 5.10 Å². The monoisotopic (exact) mass is 250 g/mol. The summed E-state index contributed by atoms with van der Waals surface area (Å²) in [7, 11) is 1.83. The molecule has 0 spiro atoms. The van der Waals surface area contributed by atoms with Crippen molar-refractivity contribution in [1.82, 2.24) is 14.7 Å². The summed E-state index contributed by atoms with van der Waals surface area (Å²) in [6.07, 6.45) is 5.72. The van der Waals surface area contributed by atoms with Crippen molar-refractivity contribution < 1.29 is 4.79 Å². The molecule has 2 rings (SSSR count). The van der Waals surface area contributed by atoms with Crippen molar-refractivity contribution in [3.05, 3.63) is 18.0 Å². The van der Waals surface area contributed by atoms with Crippen LogP contribution in [0.4, 0.5) is 0 Å². The quantitative estimate of drug-likeness (QED) is 0.854. The molecule has 1 saturated heterocycles. The highest BCUT2D eigenvalue weighted by Crippen LogP contribution is 2.24. The number of aromatic nitrogens is 2. The second-order valence-electron chi connectivity index (χ2n) is 5.45. The first-order valence-electron chi connectivity index (χ1n) is 6.53. The van der Waals surface area contributed by atoms with Gasteiger partial charge in [-0.05, 0) is 25.7 Å². The van der Waals surface area contributed by atoms with Crippen molar-refractivity contribution >= 4 is 5.91 Å². The van der Waals surface area contributed by atoms with Gasteiger partial charge in [0.2, 0.25) is 5.91 Å². The van der Waals surface area contributed by atoms with E-state index in [-0.39, 0.29) is 11.9 Å². The maximum Gasteiger partial charge on any atom is 0.244 e. The summed E-state index contributed by atoms with van der Waals surface area (Å²) in [5.41, 5.74) is 6.83. The van der Waals surface area contributed by atoms with Gasteiger partial charge in [-0.15, -0.1) is 0 Å². The second kappa shape index (κ2) is 5.10. The molecule has 3 unspecified atom stereocenters. The van der Waals surface area contributed by atoms with Crippen LogP contribution in [-0.2, 0) is 11.8 Å². The van der Waals surface area contributed by atoms with Crippen LogP contribution in [0.1, 0.15) is 38.3 Å². The molecule has 1 aromatic heterocycles. The summed E-state index contributed by atoms with van der Waals surface area (Å²) in [4.78, 5) is 14.4. The van der Waals surface area contributed by atoms with E-state index in [0.717, 1.165) is 18.5 Å². The van der Waals surface area contributed by atoms with Gasteiger partial charge in [0.1, 0.15) is 6.04 Å². The molecule has 1 aliphatic rings. The number of carbonyl (C=O) groups excluding carboxylic acids is 1. The molecule has 100 valence electrons. The van der Waals surface area contributed by atoms with Crippen LogP contribution in [0, 0.1) is 5.92 Å². The fraction of sp³-hybridized carbons (Fsp3) is 0.692. The number of nitrogens with zero attached hydrogens (tertiary/aromatic N) is 3. The van der Waals surface area contributed by atoms with Crippen molar-refractivity contribution in [2.75, 3.05) is 6.54 Å². The Morgan fingerprint density at radius 1 is 1.50 bits per heavy atom. The third-order valence-electron chi connectivity index (χ3n) is 3.75. The lowest BCUT2D eigenvalue weighted by atomic mass is 9.94. The lowest BCUT2D eigenvalue weighted by Crippen LogP contribution is -2.48. The number of rotatable bonds is 2. The highest BCUT2D eigenvalue weighted by atomic mass is 16.2. The smallest absolute Gasteiger partial charge is 0.244 e. The number of likely N-dealkylation sites (tertiary alicyclic amines) is 1. The number of aryl methyl sites for hydroxylation is 1. The van der Waals surface area contributed by atoms with Crippen LogP contribution in [0.15, 0.2) is 12.4 Å². The Hall–Kier alpha value is -1.36. The molecule has 1 amide bonds. The molecule has 2 heterocycles. The first kappa shape index (κ1) is 13.1. The molecule has 0 bridgehead atoms. The van der Waals surface area contributed by atoms with E-state index >= 15 is 0 Å². The first-order chi connectivity index (χ1) is 8.49. The number of nitrogens with two attached hydrogens (primary N) is 1. The third kappa shape index (κ3) is 2.56. The predicted molar refractivity (Wildman–Crippen MR) is 69.7 cm³/mol. The Morgan fingerprint density at radius 3 is 2.83 bits per heavy atom. The van der Waals surface area contributed by atoms with E-state index in [1.807, 2.05) is 11.9 Å². The SMILES string of the molecule is CC1CCC(C)N(C(=O)C(N)c2cnn(C)c2)C1. The summed E-state index contributed by atoms with van der Waals surface area (Å²) in [5.74, 6) is 0.577. The van der Waals surface area contributed by atoms with Crippen molar-refractivity contribution in [2.24, 2.45) is 18.7 Å². The lowest BCUT2D eigenvalue weighted by molar-refractivity contribution is -0.137. The Balaban J connectivity index is 2.10. The van der Waals surface area contributed by atoms with E-state index in [1.165, 1.54) is 6.42 Å². The molecule has 1 aliphatic heterocycles. The molecule has 0 aliphatic carbocycles. The third-order valence-corrected chi connectivity index (χ3v) is 3.75. The molecule has 5 nitrogen and oxygen atoms in total. The molecule has 5 heteroatoms. The number of hydrogen-bond donors (Lipinski definition) is 1. The molecule has 0 saturated carbocycles. The number of hydrogen-bond acceptors (Lipinski definition) is 3. The minimum atomic E-state index is -0.591. The fourth-order valence-corrected chi connectivity index (χ4v) is 2.52. The summed E-state index contributed by atoms with van der Waals surface area (Å²) in [6, 6.07) is -0.303. The van der Waals surface area contributed by atoms with Gasteiger partial charge < -0.3 is 10.6 Å². The average molecular weight is 250 g/mol. The Morgan fingerprint density at radius 2 is 2.22 bits per heavy atom. The summed E-state index contributed by atoms with van der Waals surface area (Å²) in [6.45, 7) is 5.09. The summed E-state index contributed by atoms with van der Waals surface area (Å²) < 4.78 is 1.67. The summed E-state index contributed by atoms with van der Waals surface area (Å²) >= 11 is 0. The molecule has 18 heavy (non-hydrogen) atoms. The Labute approximate surface area is 108 Å². The van der Waals surface area contributed by atoms with Gasteiger partial charge in [-0.25, -0.2) is 0 Å². The standard InChI is InChI=1S/C13H22N4O/c1-9-4-5-10(2)17(7-9)13(18)12(14)11-6-15-16(3)8-11/h6,8-10,12H,4-5,7,14H2,1-3H3. The van der Waals surface area contributed by atoms with E-state index in [9.17, 15) is 4.79 Å². The van der Waals surface area contributed by atoms with Gasteiger partial charge in [-0.1, -0.05) is 6.92 Å². The molecule has 1 fully saturated rings. The molecule has 0 radical (unpaired) electrons. The summed E-state index contributed by atoms with van der Waals surface area (Å²) in [5, 5.41) is 4.07. The molecule has 3 atom stereocenters. The minimum absolute atomic E-state index is 0.0158. The predicted octanol–water partition coefficient (Wildman–Crippen LogP) is 1.07. The van der Waals surface area contributed by atoms with E-state index < -0.39 is 6.04 Å².